The fraction of sp³-hybridized carbons (Fsp3) is 0.471. The van der Waals surface area contributed by atoms with Crippen LogP contribution in [0, 0.1) is 0 Å². The molecular weight excluding hydrogens is 300 g/mol. The van der Waals surface area contributed by atoms with Crippen LogP contribution < -0.4 is 9.47 Å². The molecule has 1 aromatic carbocycles. The second-order valence-corrected chi connectivity index (χ2v) is 6.27. The van der Waals surface area contributed by atoms with Crippen LogP contribution in [0.2, 0.25) is 0 Å². The van der Waals surface area contributed by atoms with E-state index in [4.69, 9.17) is 23.7 Å². The van der Waals surface area contributed by atoms with Crippen molar-refractivity contribution >= 4 is 12.0 Å². The summed E-state index contributed by atoms with van der Waals surface area (Å²) >= 11 is 0. The lowest BCUT2D eigenvalue weighted by molar-refractivity contribution is -0.148. The number of hydrogen-bond donors (Lipinski definition) is 0. The molecule has 3 rings (SSSR count). The number of rotatable bonds is 3. The summed E-state index contributed by atoms with van der Waals surface area (Å²) in [6.07, 6.45) is 2.60. The van der Waals surface area contributed by atoms with E-state index in [0.717, 1.165) is 11.1 Å². The second-order valence-electron chi connectivity index (χ2n) is 6.27. The molecular formula is C17H20O6. The molecule has 1 fully saturated rings. The molecule has 0 aliphatic carbocycles. The molecule has 0 N–H and O–H groups in total. The Balaban J connectivity index is 1.86. The molecule has 23 heavy (non-hydrogen) atoms. The van der Waals surface area contributed by atoms with Crippen molar-refractivity contribution in [3.8, 4) is 11.5 Å². The number of carbonyl (C=O) groups is 1. The topological polar surface area (TPSA) is 63.2 Å². The molecule has 0 unspecified atom stereocenters. The first-order chi connectivity index (χ1) is 10.9. The summed E-state index contributed by atoms with van der Waals surface area (Å²) in [4.78, 5) is 11.9. The Morgan fingerprint density at radius 2 is 1.83 bits per heavy atom. The SMILES string of the molecule is CC(C)(C)OC(=O)/C=C/c1cc2c(cc1C1OCCO1)OCO2. The molecule has 0 bridgehead atoms. The van der Waals surface area contributed by atoms with E-state index in [1.54, 1.807) is 6.08 Å². The maximum Gasteiger partial charge on any atom is 0.331 e. The Bertz CT molecular complexity index is 623. The highest BCUT2D eigenvalue weighted by Crippen LogP contribution is 2.39. The number of ether oxygens (including phenoxy) is 5. The van der Waals surface area contributed by atoms with Gasteiger partial charge in [0.1, 0.15) is 5.60 Å². The minimum absolute atomic E-state index is 0.181. The largest absolute Gasteiger partial charge is 0.457 e. The molecule has 6 nitrogen and oxygen atoms in total. The number of esters is 1. The Hall–Kier alpha value is -2.05. The number of carbonyl (C=O) groups excluding carboxylic acids is 1. The third-order valence-corrected chi connectivity index (χ3v) is 3.26. The van der Waals surface area contributed by atoms with Gasteiger partial charge in [0, 0.05) is 11.6 Å². The van der Waals surface area contributed by atoms with Gasteiger partial charge in [-0.25, -0.2) is 4.79 Å². The van der Waals surface area contributed by atoms with Gasteiger partial charge in [-0.2, -0.15) is 0 Å². The van der Waals surface area contributed by atoms with Gasteiger partial charge in [0.2, 0.25) is 6.79 Å². The molecule has 0 amide bonds. The summed E-state index contributed by atoms with van der Waals surface area (Å²) in [6.45, 7) is 6.73. The molecule has 0 spiro atoms. The minimum atomic E-state index is -0.531. The van der Waals surface area contributed by atoms with E-state index in [1.165, 1.54) is 6.08 Å². The van der Waals surface area contributed by atoms with Crippen molar-refractivity contribution in [1.29, 1.82) is 0 Å². The summed E-state index contributed by atoms with van der Waals surface area (Å²) in [7, 11) is 0. The van der Waals surface area contributed by atoms with Gasteiger partial charge in [-0.15, -0.1) is 0 Å². The van der Waals surface area contributed by atoms with E-state index in [9.17, 15) is 4.79 Å². The molecule has 0 radical (unpaired) electrons. The van der Waals surface area contributed by atoms with Gasteiger partial charge in [-0.05, 0) is 44.5 Å². The van der Waals surface area contributed by atoms with Gasteiger partial charge >= 0.3 is 5.97 Å². The summed E-state index contributed by atoms with van der Waals surface area (Å²) in [5.74, 6) is 0.874. The average Bonchev–Trinajstić information content (AvgIpc) is 3.12. The number of fused-ring (bicyclic) bond motifs is 1. The van der Waals surface area contributed by atoms with Gasteiger partial charge in [-0.1, -0.05) is 0 Å². The highest BCUT2D eigenvalue weighted by molar-refractivity contribution is 5.87. The predicted octanol–water partition coefficient (Wildman–Crippen LogP) is 2.82. The van der Waals surface area contributed by atoms with Gasteiger partial charge in [0.25, 0.3) is 0 Å². The number of hydrogen-bond acceptors (Lipinski definition) is 6. The van der Waals surface area contributed by atoms with Gasteiger partial charge < -0.3 is 23.7 Å². The Kier molecular flexibility index (Phi) is 4.28. The molecule has 2 aliphatic rings. The van der Waals surface area contributed by atoms with E-state index in [2.05, 4.69) is 0 Å². The van der Waals surface area contributed by atoms with Gasteiger partial charge in [0.15, 0.2) is 17.8 Å². The monoisotopic (exact) mass is 320 g/mol. The van der Waals surface area contributed by atoms with E-state index in [0.29, 0.717) is 24.7 Å². The molecule has 2 aliphatic heterocycles. The Morgan fingerprint density at radius 3 is 2.48 bits per heavy atom. The molecule has 124 valence electrons. The van der Waals surface area contributed by atoms with Crippen LogP contribution in [0.15, 0.2) is 18.2 Å². The van der Waals surface area contributed by atoms with E-state index in [1.807, 2.05) is 32.9 Å². The normalized spacial score (nSPS) is 17.9. The van der Waals surface area contributed by atoms with Crippen LogP contribution in [0.25, 0.3) is 6.08 Å². The highest BCUT2D eigenvalue weighted by atomic mass is 16.7. The molecule has 0 aromatic heterocycles. The summed E-state index contributed by atoms with van der Waals surface area (Å²) in [6, 6.07) is 3.64. The van der Waals surface area contributed by atoms with Crippen LogP contribution >= 0.6 is 0 Å². The van der Waals surface area contributed by atoms with Crippen molar-refractivity contribution in [2.75, 3.05) is 20.0 Å². The second kappa shape index (κ2) is 6.22. The molecule has 0 atom stereocenters. The van der Waals surface area contributed by atoms with Crippen molar-refractivity contribution in [2.24, 2.45) is 0 Å². The van der Waals surface area contributed by atoms with E-state index >= 15 is 0 Å². The van der Waals surface area contributed by atoms with Crippen molar-refractivity contribution in [3.05, 3.63) is 29.3 Å². The lowest BCUT2D eigenvalue weighted by atomic mass is 10.0. The van der Waals surface area contributed by atoms with Crippen LogP contribution in [0.4, 0.5) is 0 Å². The molecule has 2 heterocycles. The quantitative estimate of drug-likeness (QED) is 0.630. The highest BCUT2D eigenvalue weighted by Gasteiger charge is 2.25. The standard InChI is InChI=1S/C17H20O6/c1-17(2,3)23-15(18)5-4-11-8-13-14(22-10-21-13)9-12(11)16-19-6-7-20-16/h4-5,8-9,16H,6-7,10H2,1-3H3/b5-4+. The van der Waals surface area contributed by atoms with Crippen LogP contribution in [0.5, 0.6) is 11.5 Å². The lowest BCUT2D eigenvalue weighted by Crippen LogP contribution is -2.22. The zero-order valence-electron chi connectivity index (χ0n) is 13.5. The first-order valence-corrected chi connectivity index (χ1v) is 7.50. The zero-order chi connectivity index (χ0) is 16.4. The first kappa shape index (κ1) is 15.8. The fourth-order valence-corrected chi connectivity index (χ4v) is 2.35. The molecule has 6 heteroatoms. The van der Waals surface area contributed by atoms with Crippen LogP contribution in [0.1, 0.15) is 38.2 Å². The number of benzene rings is 1. The van der Waals surface area contributed by atoms with E-state index in [-0.39, 0.29) is 6.79 Å². The van der Waals surface area contributed by atoms with Crippen molar-refractivity contribution in [3.63, 3.8) is 0 Å². The smallest absolute Gasteiger partial charge is 0.331 e. The maximum atomic E-state index is 11.9. The molecule has 1 saturated heterocycles. The third kappa shape index (κ3) is 3.83. The molecule has 0 saturated carbocycles. The van der Waals surface area contributed by atoms with Crippen molar-refractivity contribution in [1.82, 2.24) is 0 Å². The average molecular weight is 320 g/mol. The zero-order valence-corrected chi connectivity index (χ0v) is 13.5. The lowest BCUT2D eigenvalue weighted by Gasteiger charge is -2.18. The van der Waals surface area contributed by atoms with Crippen molar-refractivity contribution in [2.45, 2.75) is 32.7 Å². The summed E-state index contributed by atoms with van der Waals surface area (Å²) in [5.41, 5.74) is 1.04. The first-order valence-electron chi connectivity index (χ1n) is 7.50. The van der Waals surface area contributed by atoms with Crippen molar-refractivity contribution < 1.29 is 28.5 Å². The predicted molar refractivity (Wildman–Crippen MR) is 82.1 cm³/mol. The summed E-state index contributed by atoms with van der Waals surface area (Å²) in [5, 5.41) is 0. The Morgan fingerprint density at radius 1 is 1.17 bits per heavy atom. The fourth-order valence-electron chi connectivity index (χ4n) is 2.35. The van der Waals surface area contributed by atoms with Crippen LogP contribution in [-0.4, -0.2) is 31.6 Å². The Labute approximate surface area is 134 Å². The third-order valence-electron chi connectivity index (χ3n) is 3.26. The summed E-state index contributed by atoms with van der Waals surface area (Å²) < 4.78 is 27.2. The van der Waals surface area contributed by atoms with Gasteiger partial charge in [0.05, 0.1) is 13.2 Å². The van der Waals surface area contributed by atoms with Crippen LogP contribution in [0.3, 0.4) is 0 Å². The molecule has 1 aromatic rings. The minimum Gasteiger partial charge on any atom is -0.457 e. The maximum absolute atomic E-state index is 11.9. The van der Waals surface area contributed by atoms with Gasteiger partial charge in [-0.3, -0.25) is 0 Å². The van der Waals surface area contributed by atoms with Crippen LogP contribution in [-0.2, 0) is 19.0 Å². The van der Waals surface area contributed by atoms with E-state index < -0.39 is 17.9 Å².